The number of Topliss-reactive ketones (excluding diaryl/α,β-unsaturated/α-hetero) is 1. The molecule has 0 aromatic rings. The normalized spacial score (nSPS) is 26.4. The molecule has 0 radical (unpaired) electrons. The monoisotopic (exact) mass is 140 g/mol. The average molecular weight is 140 g/mol. The van der Waals surface area contributed by atoms with Crippen LogP contribution in [0.2, 0.25) is 0 Å². The SMILES string of the molecule is CCC1=CC(O)CCC1=O. The van der Waals surface area contributed by atoms with Crippen molar-refractivity contribution in [2.75, 3.05) is 0 Å². The number of ketones is 1. The summed E-state index contributed by atoms with van der Waals surface area (Å²) in [6.07, 6.45) is 3.15. The minimum absolute atomic E-state index is 0.202. The highest BCUT2D eigenvalue weighted by molar-refractivity contribution is 5.96. The van der Waals surface area contributed by atoms with Crippen LogP contribution in [0.5, 0.6) is 0 Å². The lowest BCUT2D eigenvalue weighted by molar-refractivity contribution is -0.116. The lowest BCUT2D eigenvalue weighted by Crippen LogP contribution is -2.16. The van der Waals surface area contributed by atoms with E-state index >= 15 is 0 Å². The first-order valence-corrected chi connectivity index (χ1v) is 3.66. The zero-order chi connectivity index (χ0) is 7.56. The largest absolute Gasteiger partial charge is 0.389 e. The van der Waals surface area contributed by atoms with Gasteiger partial charge in [0.05, 0.1) is 6.10 Å². The molecular formula is C8H12O2. The van der Waals surface area contributed by atoms with Crippen molar-refractivity contribution in [1.82, 2.24) is 0 Å². The maximum absolute atomic E-state index is 11.0. The van der Waals surface area contributed by atoms with Crippen LogP contribution in [0, 0.1) is 0 Å². The van der Waals surface area contributed by atoms with Crippen molar-refractivity contribution >= 4 is 5.78 Å². The van der Waals surface area contributed by atoms with E-state index in [1.165, 1.54) is 0 Å². The highest BCUT2D eigenvalue weighted by Crippen LogP contribution is 2.16. The lowest BCUT2D eigenvalue weighted by atomic mass is 9.95. The number of hydrogen-bond donors (Lipinski definition) is 1. The zero-order valence-corrected chi connectivity index (χ0v) is 6.13. The molecule has 1 unspecified atom stereocenters. The van der Waals surface area contributed by atoms with E-state index < -0.39 is 0 Å². The fourth-order valence-electron chi connectivity index (χ4n) is 1.16. The van der Waals surface area contributed by atoms with Gasteiger partial charge in [-0.05, 0) is 24.5 Å². The summed E-state index contributed by atoms with van der Waals surface area (Å²) in [5, 5.41) is 9.10. The Kier molecular flexibility index (Phi) is 2.22. The summed E-state index contributed by atoms with van der Waals surface area (Å²) in [7, 11) is 0. The van der Waals surface area contributed by atoms with Crippen molar-refractivity contribution in [3.05, 3.63) is 11.6 Å². The van der Waals surface area contributed by atoms with Crippen LogP contribution in [0.1, 0.15) is 26.2 Å². The summed E-state index contributed by atoms with van der Waals surface area (Å²) in [6, 6.07) is 0. The molecule has 1 N–H and O–H groups in total. The van der Waals surface area contributed by atoms with Gasteiger partial charge in [0.15, 0.2) is 5.78 Å². The third-order valence-electron chi connectivity index (χ3n) is 1.80. The van der Waals surface area contributed by atoms with Gasteiger partial charge < -0.3 is 5.11 Å². The molecule has 0 spiro atoms. The Hall–Kier alpha value is -0.630. The lowest BCUT2D eigenvalue weighted by Gasteiger charge is -2.14. The summed E-state index contributed by atoms with van der Waals surface area (Å²) in [4.78, 5) is 11.0. The van der Waals surface area contributed by atoms with Crippen LogP contribution in [0.4, 0.5) is 0 Å². The fourth-order valence-corrected chi connectivity index (χ4v) is 1.16. The van der Waals surface area contributed by atoms with Crippen molar-refractivity contribution in [3.8, 4) is 0 Å². The second kappa shape index (κ2) is 2.97. The van der Waals surface area contributed by atoms with Gasteiger partial charge in [-0.15, -0.1) is 0 Å². The zero-order valence-electron chi connectivity index (χ0n) is 6.13. The van der Waals surface area contributed by atoms with Crippen molar-refractivity contribution in [2.24, 2.45) is 0 Å². The quantitative estimate of drug-likeness (QED) is 0.591. The van der Waals surface area contributed by atoms with Crippen molar-refractivity contribution in [3.63, 3.8) is 0 Å². The molecule has 0 aromatic carbocycles. The summed E-state index contributed by atoms with van der Waals surface area (Å²) < 4.78 is 0. The molecule has 0 aromatic heterocycles. The van der Waals surface area contributed by atoms with E-state index in [0.717, 1.165) is 12.0 Å². The second-order valence-corrected chi connectivity index (χ2v) is 2.57. The molecule has 1 atom stereocenters. The van der Waals surface area contributed by atoms with Crippen molar-refractivity contribution in [2.45, 2.75) is 32.3 Å². The number of rotatable bonds is 1. The van der Waals surface area contributed by atoms with Gasteiger partial charge in [0.2, 0.25) is 0 Å². The van der Waals surface area contributed by atoms with Gasteiger partial charge in [0, 0.05) is 6.42 Å². The minimum atomic E-state index is -0.382. The molecule has 1 aliphatic carbocycles. The summed E-state index contributed by atoms with van der Waals surface area (Å²) >= 11 is 0. The Balaban J connectivity index is 2.72. The third-order valence-corrected chi connectivity index (χ3v) is 1.80. The predicted octanol–water partition coefficient (Wildman–Crippen LogP) is 1.05. The Morgan fingerprint density at radius 1 is 1.80 bits per heavy atom. The van der Waals surface area contributed by atoms with E-state index in [2.05, 4.69) is 0 Å². The number of hydrogen-bond acceptors (Lipinski definition) is 2. The Bertz CT molecular complexity index is 170. The number of carbonyl (C=O) groups is 1. The van der Waals surface area contributed by atoms with Gasteiger partial charge in [-0.1, -0.05) is 6.92 Å². The highest BCUT2D eigenvalue weighted by Gasteiger charge is 2.16. The van der Waals surface area contributed by atoms with Crippen LogP contribution in [0.25, 0.3) is 0 Å². The van der Waals surface area contributed by atoms with Gasteiger partial charge in [-0.2, -0.15) is 0 Å². The molecule has 10 heavy (non-hydrogen) atoms. The van der Waals surface area contributed by atoms with Crippen LogP contribution in [0.15, 0.2) is 11.6 Å². The molecule has 56 valence electrons. The first-order chi connectivity index (χ1) is 4.74. The van der Waals surface area contributed by atoms with E-state index in [4.69, 9.17) is 5.11 Å². The van der Waals surface area contributed by atoms with Gasteiger partial charge in [-0.3, -0.25) is 4.79 Å². The van der Waals surface area contributed by atoms with Crippen LogP contribution in [-0.2, 0) is 4.79 Å². The van der Waals surface area contributed by atoms with E-state index in [1.807, 2.05) is 6.92 Å². The number of aliphatic hydroxyl groups is 1. The molecule has 1 aliphatic rings. The summed E-state index contributed by atoms with van der Waals surface area (Å²) in [6.45, 7) is 1.93. The molecule has 2 nitrogen and oxygen atoms in total. The third kappa shape index (κ3) is 1.45. The molecule has 0 heterocycles. The van der Waals surface area contributed by atoms with E-state index in [-0.39, 0.29) is 11.9 Å². The molecule has 1 rings (SSSR count). The van der Waals surface area contributed by atoms with E-state index in [1.54, 1.807) is 6.08 Å². The Morgan fingerprint density at radius 3 is 3.00 bits per heavy atom. The first kappa shape index (κ1) is 7.48. The summed E-state index contributed by atoms with van der Waals surface area (Å²) in [5.74, 6) is 0.202. The number of carbonyl (C=O) groups excluding carboxylic acids is 1. The molecule has 0 aliphatic heterocycles. The van der Waals surface area contributed by atoms with Gasteiger partial charge in [0.1, 0.15) is 0 Å². The number of allylic oxidation sites excluding steroid dienone is 1. The van der Waals surface area contributed by atoms with Gasteiger partial charge in [-0.25, -0.2) is 0 Å². The molecule has 2 heteroatoms. The maximum atomic E-state index is 11.0. The second-order valence-electron chi connectivity index (χ2n) is 2.57. The predicted molar refractivity (Wildman–Crippen MR) is 38.6 cm³/mol. The maximum Gasteiger partial charge on any atom is 0.158 e. The minimum Gasteiger partial charge on any atom is -0.389 e. The molecule has 0 saturated carbocycles. The molecule has 0 amide bonds. The van der Waals surface area contributed by atoms with Crippen molar-refractivity contribution < 1.29 is 9.90 Å². The molecule has 0 bridgehead atoms. The molecule has 0 saturated heterocycles. The average Bonchev–Trinajstić information content (AvgIpc) is 1.94. The number of aliphatic hydroxyl groups excluding tert-OH is 1. The van der Waals surface area contributed by atoms with E-state index in [9.17, 15) is 4.79 Å². The van der Waals surface area contributed by atoms with Crippen LogP contribution < -0.4 is 0 Å². The van der Waals surface area contributed by atoms with Crippen LogP contribution in [-0.4, -0.2) is 17.0 Å². The van der Waals surface area contributed by atoms with Crippen molar-refractivity contribution in [1.29, 1.82) is 0 Å². The van der Waals surface area contributed by atoms with Crippen LogP contribution >= 0.6 is 0 Å². The van der Waals surface area contributed by atoms with Gasteiger partial charge >= 0.3 is 0 Å². The van der Waals surface area contributed by atoms with Crippen LogP contribution in [0.3, 0.4) is 0 Å². The first-order valence-electron chi connectivity index (χ1n) is 3.66. The topological polar surface area (TPSA) is 37.3 Å². The fraction of sp³-hybridized carbons (Fsp3) is 0.625. The standard InChI is InChI=1S/C8H12O2/c1-2-6-5-7(9)3-4-8(6)10/h5,7,9H,2-4H2,1H3. The molecular weight excluding hydrogens is 128 g/mol. The Morgan fingerprint density at radius 2 is 2.50 bits per heavy atom. The Labute approximate surface area is 60.6 Å². The van der Waals surface area contributed by atoms with Gasteiger partial charge in [0.25, 0.3) is 0 Å². The summed E-state index contributed by atoms with van der Waals surface area (Å²) in [5.41, 5.74) is 0.791. The van der Waals surface area contributed by atoms with E-state index in [0.29, 0.717) is 12.8 Å². The molecule has 0 fully saturated rings. The smallest absolute Gasteiger partial charge is 0.158 e. The highest BCUT2D eigenvalue weighted by atomic mass is 16.3.